The predicted octanol–water partition coefficient (Wildman–Crippen LogP) is -0.359. The van der Waals surface area contributed by atoms with Gasteiger partial charge in [0, 0.05) is 6.42 Å². The van der Waals surface area contributed by atoms with Gasteiger partial charge in [0.25, 0.3) is 0 Å². The SMILES string of the molecule is C=CC1C[C@@H](O)[C@@H](O)O1. The minimum absolute atomic E-state index is 0.185. The highest BCUT2D eigenvalue weighted by molar-refractivity contribution is 4.87. The fourth-order valence-corrected chi connectivity index (χ4v) is 0.832. The van der Waals surface area contributed by atoms with E-state index in [2.05, 4.69) is 6.58 Å². The number of aliphatic hydroxyl groups is 2. The first-order chi connectivity index (χ1) is 4.24. The molecule has 0 amide bonds. The van der Waals surface area contributed by atoms with Crippen LogP contribution in [0.3, 0.4) is 0 Å². The third-order valence-electron chi connectivity index (χ3n) is 1.38. The van der Waals surface area contributed by atoms with Crippen molar-refractivity contribution in [1.82, 2.24) is 0 Å². The van der Waals surface area contributed by atoms with Gasteiger partial charge in [0.05, 0.1) is 6.10 Å². The number of rotatable bonds is 1. The molecule has 0 aliphatic carbocycles. The maximum absolute atomic E-state index is 8.88. The van der Waals surface area contributed by atoms with Crippen LogP contribution in [0.15, 0.2) is 12.7 Å². The highest BCUT2D eigenvalue weighted by Gasteiger charge is 2.29. The van der Waals surface area contributed by atoms with Crippen LogP contribution in [-0.2, 0) is 4.74 Å². The number of hydrogen-bond donors (Lipinski definition) is 2. The largest absolute Gasteiger partial charge is 0.388 e. The molecule has 1 heterocycles. The standard InChI is InChI=1S/C6H10O3/c1-2-4-3-5(7)6(8)9-4/h2,4-8H,1,3H2/t4?,5-,6+/m1/s1. The van der Waals surface area contributed by atoms with Gasteiger partial charge in [-0.2, -0.15) is 0 Å². The normalized spacial score (nSPS) is 43.1. The summed E-state index contributed by atoms with van der Waals surface area (Å²) >= 11 is 0. The van der Waals surface area contributed by atoms with Gasteiger partial charge in [-0.05, 0) is 0 Å². The first kappa shape index (κ1) is 6.74. The highest BCUT2D eigenvalue weighted by Crippen LogP contribution is 2.18. The van der Waals surface area contributed by atoms with Crippen LogP contribution in [0.4, 0.5) is 0 Å². The summed E-state index contributed by atoms with van der Waals surface area (Å²) in [7, 11) is 0. The van der Waals surface area contributed by atoms with Gasteiger partial charge in [-0.15, -0.1) is 6.58 Å². The monoisotopic (exact) mass is 130 g/mol. The zero-order valence-corrected chi connectivity index (χ0v) is 5.03. The van der Waals surface area contributed by atoms with Gasteiger partial charge in [0.1, 0.15) is 6.10 Å². The topological polar surface area (TPSA) is 49.7 Å². The molecule has 3 nitrogen and oxygen atoms in total. The summed E-state index contributed by atoms with van der Waals surface area (Å²) in [4.78, 5) is 0. The van der Waals surface area contributed by atoms with Crippen LogP contribution in [0, 0.1) is 0 Å². The molecule has 9 heavy (non-hydrogen) atoms. The Labute approximate surface area is 53.6 Å². The van der Waals surface area contributed by atoms with E-state index < -0.39 is 12.4 Å². The molecule has 2 N–H and O–H groups in total. The van der Waals surface area contributed by atoms with Crippen molar-refractivity contribution in [3.63, 3.8) is 0 Å². The van der Waals surface area contributed by atoms with E-state index in [4.69, 9.17) is 14.9 Å². The lowest BCUT2D eigenvalue weighted by Gasteiger charge is -2.03. The minimum atomic E-state index is -1.02. The molecule has 1 aliphatic rings. The van der Waals surface area contributed by atoms with Crippen LogP contribution in [0.1, 0.15) is 6.42 Å². The van der Waals surface area contributed by atoms with Crippen LogP contribution in [0.5, 0.6) is 0 Å². The zero-order chi connectivity index (χ0) is 6.85. The molecule has 52 valence electrons. The summed E-state index contributed by atoms with van der Waals surface area (Å²) in [6, 6.07) is 0. The summed E-state index contributed by atoms with van der Waals surface area (Å²) in [6.07, 6.45) is 0.0698. The van der Waals surface area contributed by atoms with Crippen molar-refractivity contribution in [3.05, 3.63) is 12.7 Å². The minimum Gasteiger partial charge on any atom is -0.388 e. The van der Waals surface area contributed by atoms with Crippen molar-refractivity contribution in [2.75, 3.05) is 0 Å². The smallest absolute Gasteiger partial charge is 0.181 e. The molecule has 0 aromatic rings. The van der Waals surface area contributed by atoms with Crippen LogP contribution in [-0.4, -0.2) is 28.7 Å². The van der Waals surface area contributed by atoms with Gasteiger partial charge in [0.15, 0.2) is 6.29 Å². The summed E-state index contributed by atoms with van der Waals surface area (Å²) in [5.74, 6) is 0. The molecule has 1 fully saturated rings. The molecule has 0 radical (unpaired) electrons. The Hall–Kier alpha value is -0.380. The van der Waals surface area contributed by atoms with E-state index in [9.17, 15) is 0 Å². The Balaban J connectivity index is 2.43. The summed E-state index contributed by atoms with van der Waals surface area (Å²) in [6.45, 7) is 3.46. The predicted molar refractivity (Wildman–Crippen MR) is 31.7 cm³/mol. The van der Waals surface area contributed by atoms with Crippen LogP contribution >= 0.6 is 0 Å². The molecule has 3 atom stereocenters. The Morgan fingerprint density at radius 3 is 2.44 bits per heavy atom. The third-order valence-corrected chi connectivity index (χ3v) is 1.38. The van der Waals surface area contributed by atoms with E-state index in [0.29, 0.717) is 6.42 Å². The molecule has 1 unspecified atom stereocenters. The fourth-order valence-electron chi connectivity index (χ4n) is 0.832. The molecule has 0 bridgehead atoms. The average molecular weight is 130 g/mol. The van der Waals surface area contributed by atoms with Crippen molar-refractivity contribution in [2.45, 2.75) is 24.9 Å². The zero-order valence-electron chi connectivity index (χ0n) is 5.03. The first-order valence-electron chi connectivity index (χ1n) is 2.88. The van der Waals surface area contributed by atoms with Gasteiger partial charge in [-0.1, -0.05) is 6.08 Å². The summed E-state index contributed by atoms with van der Waals surface area (Å²) in [5, 5.41) is 17.7. The lowest BCUT2D eigenvalue weighted by Crippen LogP contribution is -2.19. The molecule has 1 aliphatic heterocycles. The Morgan fingerprint density at radius 2 is 2.22 bits per heavy atom. The molecular weight excluding hydrogens is 120 g/mol. The second-order valence-electron chi connectivity index (χ2n) is 2.10. The Morgan fingerprint density at radius 1 is 1.56 bits per heavy atom. The van der Waals surface area contributed by atoms with E-state index in [-0.39, 0.29) is 6.10 Å². The number of ether oxygens (including phenoxy) is 1. The Kier molecular flexibility index (Phi) is 1.85. The lowest BCUT2D eigenvalue weighted by atomic mass is 10.2. The van der Waals surface area contributed by atoms with Crippen molar-refractivity contribution in [3.8, 4) is 0 Å². The van der Waals surface area contributed by atoms with Gasteiger partial charge in [-0.25, -0.2) is 0 Å². The molecule has 1 rings (SSSR count). The van der Waals surface area contributed by atoms with Crippen molar-refractivity contribution in [2.24, 2.45) is 0 Å². The molecule has 3 heteroatoms. The maximum Gasteiger partial charge on any atom is 0.181 e. The summed E-state index contributed by atoms with van der Waals surface area (Å²) in [5.41, 5.74) is 0. The van der Waals surface area contributed by atoms with Gasteiger partial charge < -0.3 is 14.9 Å². The second-order valence-corrected chi connectivity index (χ2v) is 2.10. The van der Waals surface area contributed by atoms with Crippen LogP contribution in [0.25, 0.3) is 0 Å². The van der Waals surface area contributed by atoms with Crippen LogP contribution < -0.4 is 0 Å². The van der Waals surface area contributed by atoms with Crippen molar-refractivity contribution >= 4 is 0 Å². The average Bonchev–Trinajstić information content (AvgIpc) is 2.13. The highest BCUT2D eigenvalue weighted by atomic mass is 16.6. The number of hydrogen-bond acceptors (Lipinski definition) is 3. The maximum atomic E-state index is 8.88. The number of aliphatic hydroxyl groups excluding tert-OH is 2. The van der Waals surface area contributed by atoms with Gasteiger partial charge >= 0.3 is 0 Å². The van der Waals surface area contributed by atoms with Gasteiger partial charge in [-0.3, -0.25) is 0 Å². The Bertz CT molecular complexity index is 103. The van der Waals surface area contributed by atoms with E-state index >= 15 is 0 Å². The molecule has 0 saturated carbocycles. The van der Waals surface area contributed by atoms with Crippen LogP contribution in [0.2, 0.25) is 0 Å². The van der Waals surface area contributed by atoms with Crippen molar-refractivity contribution in [1.29, 1.82) is 0 Å². The first-order valence-corrected chi connectivity index (χ1v) is 2.88. The molecule has 0 spiro atoms. The molecule has 0 aromatic heterocycles. The lowest BCUT2D eigenvalue weighted by molar-refractivity contribution is -0.119. The quantitative estimate of drug-likeness (QED) is 0.476. The van der Waals surface area contributed by atoms with Crippen molar-refractivity contribution < 1.29 is 14.9 Å². The molecular formula is C6H10O3. The molecule has 0 aromatic carbocycles. The summed E-state index contributed by atoms with van der Waals surface area (Å²) < 4.78 is 4.81. The van der Waals surface area contributed by atoms with Gasteiger partial charge in [0.2, 0.25) is 0 Å². The third kappa shape index (κ3) is 1.30. The van der Waals surface area contributed by atoms with E-state index in [1.807, 2.05) is 0 Å². The van der Waals surface area contributed by atoms with E-state index in [0.717, 1.165) is 0 Å². The fraction of sp³-hybridized carbons (Fsp3) is 0.667. The second kappa shape index (κ2) is 2.47. The van der Waals surface area contributed by atoms with E-state index in [1.165, 1.54) is 0 Å². The van der Waals surface area contributed by atoms with E-state index in [1.54, 1.807) is 6.08 Å². The molecule has 1 saturated heterocycles.